The maximum absolute atomic E-state index is 12.4. The van der Waals surface area contributed by atoms with Crippen molar-refractivity contribution < 1.29 is 18.3 Å². The van der Waals surface area contributed by atoms with Crippen LogP contribution in [0, 0.1) is 13.8 Å². The number of hydrogen-bond acceptors (Lipinski definition) is 4. The van der Waals surface area contributed by atoms with Crippen molar-refractivity contribution in [3.8, 4) is 0 Å². The highest BCUT2D eigenvalue weighted by Crippen LogP contribution is 2.21. The van der Waals surface area contributed by atoms with Crippen LogP contribution in [0.2, 0.25) is 0 Å². The van der Waals surface area contributed by atoms with Crippen LogP contribution >= 0.6 is 0 Å². The van der Waals surface area contributed by atoms with Crippen molar-refractivity contribution in [2.75, 3.05) is 4.72 Å². The fourth-order valence-electron chi connectivity index (χ4n) is 1.81. The summed E-state index contributed by atoms with van der Waals surface area (Å²) in [6, 6.07) is 7.19. The van der Waals surface area contributed by atoms with E-state index in [9.17, 15) is 13.2 Å². The van der Waals surface area contributed by atoms with Crippen LogP contribution in [0.4, 0.5) is 5.69 Å². The lowest BCUT2D eigenvalue weighted by atomic mass is 10.1. The lowest BCUT2D eigenvalue weighted by Crippen LogP contribution is -2.16. The lowest BCUT2D eigenvalue weighted by Gasteiger charge is -2.12. The van der Waals surface area contributed by atoms with Crippen molar-refractivity contribution in [1.29, 1.82) is 0 Å². The molecular weight excluding hydrogens is 292 g/mol. The van der Waals surface area contributed by atoms with Gasteiger partial charge in [0.25, 0.3) is 10.0 Å². The minimum atomic E-state index is -3.88. The number of aryl methyl sites for hydroxylation is 2. The van der Waals surface area contributed by atoms with E-state index in [-0.39, 0.29) is 10.5 Å². The zero-order valence-electron chi connectivity index (χ0n) is 11.5. The van der Waals surface area contributed by atoms with E-state index in [4.69, 9.17) is 5.11 Å². The molecule has 0 unspecified atom stereocenters. The molecule has 0 spiro atoms. The average Bonchev–Trinajstić information content (AvgIpc) is 2.41. The van der Waals surface area contributed by atoms with Gasteiger partial charge in [-0.15, -0.1) is 0 Å². The molecule has 0 radical (unpaired) electrons. The van der Waals surface area contributed by atoms with E-state index in [0.717, 1.165) is 6.07 Å². The molecule has 0 aliphatic carbocycles. The first-order valence-corrected chi connectivity index (χ1v) is 7.58. The smallest absolute Gasteiger partial charge is 0.335 e. The van der Waals surface area contributed by atoms with Crippen molar-refractivity contribution in [1.82, 2.24) is 4.98 Å². The Morgan fingerprint density at radius 2 is 1.95 bits per heavy atom. The second-order valence-electron chi connectivity index (χ2n) is 4.53. The second-order valence-corrected chi connectivity index (χ2v) is 6.18. The monoisotopic (exact) mass is 306 g/mol. The minimum absolute atomic E-state index is 0.0642. The Labute approximate surface area is 122 Å². The first-order chi connectivity index (χ1) is 9.81. The SMILES string of the molecule is Cc1ccc(C(=O)O)cc1S(=O)(=O)Nc1cccnc1C. The summed E-state index contributed by atoms with van der Waals surface area (Å²) in [4.78, 5) is 14.9. The molecule has 110 valence electrons. The summed E-state index contributed by atoms with van der Waals surface area (Å²) in [5.74, 6) is -1.18. The van der Waals surface area contributed by atoms with Gasteiger partial charge in [0, 0.05) is 6.20 Å². The molecule has 1 aromatic carbocycles. The number of sulfonamides is 1. The van der Waals surface area contributed by atoms with Gasteiger partial charge in [-0.05, 0) is 43.7 Å². The molecule has 2 rings (SSSR count). The zero-order valence-corrected chi connectivity index (χ0v) is 12.3. The van der Waals surface area contributed by atoms with Gasteiger partial charge in [-0.1, -0.05) is 6.07 Å². The fraction of sp³-hybridized carbons (Fsp3) is 0.143. The molecule has 0 saturated carbocycles. The van der Waals surface area contributed by atoms with Gasteiger partial charge in [0.15, 0.2) is 0 Å². The van der Waals surface area contributed by atoms with Crippen LogP contribution in [0.1, 0.15) is 21.6 Å². The van der Waals surface area contributed by atoms with Gasteiger partial charge >= 0.3 is 5.97 Å². The molecule has 0 atom stereocenters. The van der Waals surface area contributed by atoms with Crippen LogP contribution in [0.3, 0.4) is 0 Å². The average molecular weight is 306 g/mol. The van der Waals surface area contributed by atoms with E-state index < -0.39 is 16.0 Å². The predicted octanol–water partition coefficient (Wildman–Crippen LogP) is 2.20. The standard InChI is InChI=1S/C14H14N2O4S/c1-9-5-6-11(14(17)18)8-13(9)21(19,20)16-12-4-3-7-15-10(12)2/h3-8,16H,1-2H3,(H,17,18). The Hall–Kier alpha value is -2.41. The Morgan fingerprint density at radius 3 is 2.57 bits per heavy atom. The van der Waals surface area contributed by atoms with Crippen molar-refractivity contribution >= 4 is 21.7 Å². The zero-order chi connectivity index (χ0) is 15.6. The van der Waals surface area contributed by atoms with Crippen LogP contribution in [0.15, 0.2) is 41.4 Å². The third kappa shape index (κ3) is 3.19. The molecule has 0 fully saturated rings. The number of anilines is 1. The van der Waals surface area contributed by atoms with Crippen molar-refractivity contribution in [2.45, 2.75) is 18.7 Å². The van der Waals surface area contributed by atoms with Crippen LogP contribution in [-0.2, 0) is 10.0 Å². The fourth-order valence-corrected chi connectivity index (χ4v) is 3.20. The summed E-state index contributed by atoms with van der Waals surface area (Å²) in [5, 5.41) is 8.97. The number of benzene rings is 1. The largest absolute Gasteiger partial charge is 0.478 e. The Balaban J connectivity index is 2.47. The van der Waals surface area contributed by atoms with Gasteiger partial charge in [0.2, 0.25) is 0 Å². The predicted molar refractivity (Wildman–Crippen MR) is 77.9 cm³/mol. The van der Waals surface area contributed by atoms with E-state index in [2.05, 4.69) is 9.71 Å². The maximum atomic E-state index is 12.4. The molecule has 2 N–H and O–H groups in total. The van der Waals surface area contributed by atoms with Crippen LogP contribution in [0.5, 0.6) is 0 Å². The Morgan fingerprint density at radius 1 is 1.24 bits per heavy atom. The van der Waals surface area contributed by atoms with Gasteiger partial charge in [-0.25, -0.2) is 13.2 Å². The van der Waals surface area contributed by atoms with Crippen molar-refractivity contribution in [3.05, 3.63) is 53.3 Å². The van der Waals surface area contributed by atoms with E-state index in [0.29, 0.717) is 16.9 Å². The van der Waals surface area contributed by atoms with E-state index in [1.54, 1.807) is 32.2 Å². The number of pyridine rings is 1. The number of carboxylic acid groups (broad SMARTS) is 1. The number of carboxylic acids is 1. The van der Waals surface area contributed by atoms with Crippen molar-refractivity contribution in [3.63, 3.8) is 0 Å². The van der Waals surface area contributed by atoms with Gasteiger partial charge < -0.3 is 5.11 Å². The number of aromatic carboxylic acids is 1. The normalized spacial score (nSPS) is 11.1. The Kier molecular flexibility index (Phi) is 3.95. The van der Waals surface area contributed by atoms with Crippen LogP contribution in [0.25, 0.3) is 0 Å². The number of nitrogens with zero attached hydrogens (tertiary/aromatic N) is 1. The molecule has 21 heavy (non-hydrogen) atoms. The molecule has 0 bridgehead atoms. The van der Waals surface area contributed by atoms with E-state index >= 15 is 0 Å². The molecule has 2 aromatic rings. The molecule has 0 amide bonds. The molecule has 7 heteroatoms. The highest BCUT2D eigenvalue weighted by atomic mass is 32.2. The first kappa shape index (κ1) is 15.0. The summed E-state index contributed by atoms with van der Waals surface area (Å²) in [7, 11) is -3.88. The molecule has 1 aromatic heterocycles. The van der Waals surface area contributed by atoms with Crippen molar-refractivity contribution in [2.24, 2.45) is 0 Å². The number of carbonyl (C=O) groups is 1. The molecule has 6 nitrogen and oxygen atoms in total. The topological polar surface area (TPSA) is 96.4 Å². The van der Waals surface area contributed by atoms with Crippen LogP contribution in [-0.4, -0.2) is 24.5 Å². The maximum Gasteiger partial charge on any atom is 0.335 e. The summed E-state index contributed by atoms with van der Waals surface area (Å²) < 4.78 is 27.3. The molecule has 1 heterocycles. The third-order valence-corrected chi connectivity index (χ3v) is 4.48. The summed E-state index contributed by atoms with van der Waals surface area (Å²) in [6.45, 7) is 3.29. The van der Waals surface area contributed by atoms with E-state index in [1.165, 1.54) is 12.1 Å². The van der Waals surface area contributed by atoms with E-state index in [1.807, 2.05) is 0 Å². The second kappa shape index (κ2) is 5.53. The first-order valence-electron chi connectivity index (χ1n) is 6.09. The number of nitrogens with one attached hydrogen (secondary N) is 1. The van der Waals surface area contributed by atoms with Gasteiger partial charge in [0.1, 0.15) is 0 Å². The molecule has 0 aliphatic heterocycles. The minimum Gasteiger partial charge on any atom is -0.478 e. The number of rotatable bonds is 4. The highest BCUT2D eigenvalue weighted by Gasteiger charge is 2.19. The summed E-state index contributed by atoms with van der Waals surface area (Å²) in [5.41, 5.74) is 1.28. The highest BCUT2D eigenvalue weighted by molar-refractivity contribution is 7.92. The third-order valence-electron chi connectivity index (χ3n) is 2.98. The van der Waals surface area contributed by atoms with Gasteiger partial charge in [-0.2, -0.15) is 0 Å². The van der Waals surface area contributed by atoms with Gasteiger partial charge in [-0.3, -0.25) is 9.71 Å². The molecular formula is C14H14N2O4S. The van der Waals surface area contributed by atoms with Crippen LogP contribution < -0.4 is 4.72 Å². The lowest BCUT2D eigenvalue weighted by molar-refractivity contribution is 0.0696. The Bertz CT molecular complexity index is 800. The molecule has 0 saturated heterocycles. The number of hydrogen-bond donors (Lipinski definition) is 2. The van der Waals surface area contributed by atoms with Gasteiger partial charge in [0.05, 0.1) is 21.8 Å². The number of aromatic nitrogens is 1. The molecule has 0 aliphatic rings. The summed E-state index contributed by atoms with van der Waals surface area (Å²) >= 11 is 0. The quantitative estimate of drug-likeness (QED) is 0.902. The summed E-state index contributed by atoms with van der Waals surface area (Å²) in [6.07, 6.45) is 1.56.